The Balaban J connectivity index is 3.70. The molecule has 1 heteroatoms. The first-order valence-electron chi connectivity index (χ1n) is 4.83. The van der Waals surface area contributed by atoms with Gasteiger partial charge in [0, 0.05) is 0 Å². The van der Waals surface area contributed by atoms with Crippen molar-refractivity contribution >= 4 is 9.24 Å². The second kappa shape index (κ2) is 6.00. The molecule has 0 aromatic carbocycles. The van der Waals surface area contributed by atoms with Crippen LogP contribution in [0.25, 0.3) is 0 Å². The van der Waals surface area contributed by atoms with Crippen LogP contribution in [0, 0.1) is 17.8 Å². The molecule has 0 aromatic rings. The fourth-order valence-corrected chi connectivity index (χ4v) is 1.98. The highest BCUT2D eigenvalue weighted by Gasteiger charge is 2.16. The molecule has 0 saturated carbocycles. The molecule has 4 unspecified atom stereocenters. The summed E-state index contributed by atoms with van der Waals surface area (Å²) in [4.78, 5) is 0. The molecule has 0 aliphatic carbocycles. The Morgan fingerprint density at radius 3 is 2.00 bits per heavy atom. The van der Waals surface area contributed by atoms with Gasteiger partial charge in [-0.15, -0.1) is 9.24 Å². The summed E-state index contributed by atoms with van der Waals surface area (Å²) in [7, 11) is 2.82. The van der Waals surface area contributed by atoms with E-state index in [-0.39, 0.29) is 0 Å². The minimum absolute atomic E-state index is 0.889. The predicted octanol–water partition coefficient (Wildman–Crippen LogP) is 3.57. The molecule has 0 nitrogen and oxygen atoms in total. The summed E-state index contributed by atoms with van der Waals surface area (Å²) in [6, 6.07) is 0. The zero-order valence-electron chi connectivity index (χ0n) is 8.43. The third-order valence-corrected chi connectivity index (χ3v) is 3.39. The summed E-state index contributed by atoms with van der Waals surface area (Å²) in [6.07, 6.45) is 3.93. The van der Waals surface area contributed by atoms with Crippen molar-refractivity contribution in [1.29, 1.82) is 0 Å². The summed E-state index contributed by atoms with van der Waals surface area (Å²) < 4.78 is 0. The van der Waals surface area contributed by atoms with Crippen LogP contribution < -0.4 is 0 Å². The number of hydrogen-bond acceptors (Lipinski definition) is 0. The maximum atomic E-state index is 2.82. The molecule has 0 rings (SSSR count). The molecule has 0 aliphatic heterocycles. The zero-order valence-corrected chi connectivity index (χ0v) is 9.59. The predicted molar refractivity (Wildman–Crippen MR) is 57.0 cm³/mol. The van der Waals surface area contributed by atoms with Gasteiger partial charge in [0.05, 0.1) is 0 Å². The minimum atomic E-state index is 0.889. The normalized spacial score (nSPS) is 19.4. The number of rotatable bonds is 5. The van der Waals surface area contributed by atoms with Gasteiger partial charge in [-0.25, -0.2) is 0 Å². The van der Waals surface area contributed by atoms with Crippen LogP contribution in [0.1, 0.15) is 40.5 Å². The average Bonchev–Trinajstić information content (AvgIpc) is 2.02. The second-order valence-corrected chi connectivity index (χ2v) is 4.38. The van der Waals surface area contributed by atoms with E-state index in [0.717, 1.165) is 17.8 Å². The van der Waals surface area contributed by atoms with E-state index in [1.165, 1.54) is 19.0 Å². The standard InChI is InChI=1S/C10H23P/c1-5-8(2)10(4)9(3)6-7-11/h8-10H,5-7,11H2,1-4H3. The van der Waals surface area contributed by atoms with E-state index in [2.05, 4.69) is 36.9 Å². The largest absolute Gasteiger partial charge is 0.138 e. The van der Waals surface area contributed by atoms with E-state index in [1.54, 1.807) is 0 Å². The fourth-order valence-electron chi connectivity index (χ4n) is 1.46. The SMILES string of the molecule is CCC(C)C(C)C(C)CCP. The fraction of sp³-hybridized carbons (Fsp3) is 1.00. The molecule has 0 radical (unpaired) electrons. The van der Waals surface area contributed by atoms with E-state index in [4.69, 9.17) is 0 Å². The Hall–Kier alpha value is 0.430. The summed E-state index contributed by atoms with van der Waals surface area (Å²) in [5.74, 6) is 2.67. The Kier molecular flexibility index (Phi) is 6.24. The van der Waals surface area contributed by atoms with Gasteiger partial charge in [0.15, 0.2) is 0 Å². The smallest absolute Gasteiger partial charge is 0.0378 e. The maximum absolute atomic E-state index is 2.82. The molecule has 0 aromatic heterocycles. The van der Waals surface area contributed by atoms with Gasteiger partial charge in [0.1, 0.15) is 0 Å². The van der Waals surface area contributed by atoms with Crippen LogP contribution in [-0.2, 0) is 0 Å². The summed E-state index contributed by atoms with van der Waals surface area (Å²) >= 11 is 0. The van der Waals surface area contributed by atoms with Crippen LogP contribution in [0.3, 0.4) is 0 Å². The van der Waals surface area contributed by atoms with Gasteiger partial charge in [-0.1, -0.05) is 34.1 Å². The van der Waals surface area contributed by atoms with Crippen molar-refractivity contribution in [2.75, 3.05) is 6.16 Å². The lowest BCUT2D eigenvalue weighted by Crippen LogP contribution is -2.16. The van der Waals surface area contributed by atoms with Crippen LogP contribution in [0.2, 0.25) is 0 Å². The van der Waals surface area contributed by atoms with Crippen LogP contribution in [0.5, 0.6) is 0 Å². The first-order chi connectivity index (χ1) is 5.13. The van der Waals surface area contributed by atoms with Gasteiger partial charge < -0.3 is 0 Å². The highest BCUT2D eigenvalue weighted by Crippen LogP contribution is 2.25. The Morgan fingerprint density at radius 1 is 1.09 bits per heavy atom. The Labute approximate surface area is 74.4 Å². The molecular weight excluding hydrogens is 151 g/mol. The van der Waals surface area contributed by atoms with Crippen molar-refractivity contribution in [2.24, 2.45) is 17.8 Å². The third kappa shape index (κ3) is 4.11. The van der Waals surface area contributed by atoms with Gasteiger partial charge in [-0.05, 0) is 30.3 Å². The number of hydrogen-bond donors (Lipinski definition) is 0. The van der Waals surface area contributed by atoms with Crippen molar-refractivity contribution in [2.45, 2.75) is 40.5 Å². The first kappa shape index (κ1) is 11.4. The minimum Gasteiger partial charge on any atom is -0.138 e. The van der Waals surface area contributed by atoms with Crippen molar-refractivity contribution in [3.05, 3.63) is 0 Å². The summed E-state index contributed by atoms with van der Waals surface area (Å²) in [5.41, 5.74) is 0. The van der Waals surface area contributed by atoms with Gasteiger partial charge in [-0.3, -0.25) is 0 Å². The molecule has 4 atom stereocenters. The molecule has 0 fully saturated rings. The van der Waals surface area contributed by atoms with Gasteiger partial charge in [-0.2, -0.15) is 0 Å². The molecule has 0 bridgehead atoms. The second-order valence-electron chi connectivity index (χ2n) is 3.80. The molecule has 0 amide bonds. The summed E-state index contributed by atoms with van der Waals surface area (Å²) in [5, 5.41) is 0. The third-order valence-electron chi connectivity index (χ3n) is 3.06. The topological polar surface area (TPSA) is 0 Å². The van der Waals surface area contributed by atoms with Crippen LogP contribution in [0.4, 0.5) is 0 Å². The molecule has 11 heavy (non-hydrogen) atoms. The van der Waals surface area contributed by atoms with Crippen molar-refractivity contribution in [1.82, 2.24) is 0 Å². The van der Waals surface area contributed by atoms with E-state index in [9.17, 15) is 0 Å². The van der Waals surface area contributed by atoms with Crippen molar-refractivity contribution in [3.8, 4) is 0 Å². The van der Waals surface area contributed by atoms with Gasteiger partial charge in [0.2, 0.25) is 0 Å². The van der Waals surface area contributed by atoms with Crippen LogP contribution >= 0.6 is 9.24 Å². The van der Waals surface area contributed by atoms with E-state index in [0.29, 0.717) is 0 Å². The van der Waals surface area contributed by atoms with E-state index in [1.807, 2.05) is 0 Å². The molecular formula is C10H23P. The maximum Gasteiger partial charge on any atom is -0.0378 e. The van der Waals surface area contributed by atoms with Crippen molar-refractivity contribution in [3.63, 3.8) is 0 Å². The first-order valence-corrected chi connectivity index (χ1v) is 5.65. The zero-order chi connectivity index (χ0) is 8.85. The van der Waals surface area contributed by atoms with E-state index < -0.39 is 0 Å². The lowest BCUT2D eigenvalue weighted by Gasteiger charge is -2.24. The molecule has 0 heterocycles. The lowest BCUT2D eigenvalue weighted by molar-refractivity contribution is 0.268. The monoisotopic (exact) mass is 174 g/mol. The van der Waals surface area contributed by atoms with Crippen LogP contribution in [0.15, 0.2) is 0 Å². The molecule has 0 spiro atoms. The quantitative estimate of drug-likeness (QED) is 0.559. The van der Waals surface area contributed by atoms with Crippen molar-refractivity contribution < 1.29 is 0 Å². The highest BCUT2D eigenvalue weighted by atomic mass is 31.0. The van der Waals surface area contributed by atoms with Gasteiger partial charge >= 0.3 is 0 Å². The molecule has 0 N–H and O–H groups in total. The Morgan fingerprint density at radius 2 is 1.64 bits per heavy atom. The molecule has 0 saturated heterocycles. The molecule has 68 valence electrons. The Bertz CT molecular complexity index is 90.9. The summed E-state index contributed by atoms with van der Waals surface area (Å²) in [6.45, 7) is 9.42. The van der Waals surface area contributed by atoms with E-state index >= 15 is 0 Å². The highest BCUT2D eigenvalue weighted by molar-refractivity contribution is 7.16. The molecule has 0 aliphatic rings. The van der Waals surface area contributed by atoms with Crippen LogP contribution in [-0.4, -0.2) is 6.16 Å². The average molecular weight is 174 g/mol. The van der Waals surface area contributed by atoms with Gasteiger partial charge in [0.25, 0.3) is 0 Å². The lowest BCUT2D eigenvalue weighted by atomic mass is 9.82.